The molecule has 122 valence electrons. The highest BCUT2D eigenvalue weighted by atomic mass is 16.6. The van der Waals surface area contributed by atoms with Crippen LogP contribution in [0.15, 0.2) is 53.1 Å². The lowest BCUT2D eigenvalue weighted by Gasteiger charge is -2.48. The van der Waals surface area contributed by atoms with Gasteiger partial charge in [-0.05, 0) is 31.7 Å². The third-order valence-electron chi connectivity index (χ3n) is 4.97. The summed E-state index contributed by atoms with van der Waals surface area (Å²) in [6, 6.07) is 13.7. The van der Waals surface area contributed by atoms with Crippen molar-refractivity contribution in [3.63, 3.8) is 0 Å². The van der Waals surface area contributed by atoms with Gasteiger partial charge in [0.25, 0.3) is 0 Å². The fraction of sp³-hybridized carbons (Fsp3) is 0.421. The van der Waals surface area contributed by atoms with Crippen LogP contribution in [0.3, 0.4) is 0 Å². The Balaban J connectivity index is 1.98. The number of ether oxygens (including phenoxy) is 1. The number of nitrogens with zero attached hydrogens (tertiary/aromatic N) is 1. The quantitative estimate of drug-likeness (QED) is 0.811. The summed E-state index contributed by atoms with van der Waals surface area (Å²) in [6.07, 6.45) is 2.26. The molecule has 3 atom stereocenters. The van der Waals surface area contributed by atoms with Crippen LogP contribution in [0.2, 0.25) is 0 Å². The number of piperidine rings is 1. The van der Waals surface area contributed by atoms with Gasteiger partial charge in [-0.3, -0.25) is 0 Å². The van der Waals surface area contributed by atoms with E-state index in [1.165, 1.54) is 6.26 Å². The Morgan fingerprint density at radius 1 is 1.22 bits per heavy atom. The Labute approximate surface area is 137 Å². The lowest BCUT2D eigenvalue weighted by Crippen LogP contribution is -2.53. The molecule has 0 amide bonds. The van der Waals surface area contributed by atoms with E-state index in [0.717, 1.165) is 18.5 Å². The van der Waals surface area contributed by atoms with E-state index in [-0.39, 0.29) is 11.7 Å². The van der Waals surface area contributed by atoms with Gasteiger partial charge >= 0.3 is 5.97 Å². The molecular weight excluding hydrogens is 290 g/mol. The molecule has 2 heterocycles. The molecule has 1 aliphatic heterocycles. The number of likely N-dealkylation sites (tertiary alicyclic amines) is 1. The molecule has 1 fully saturated rings. The molecule has 0 N–H and O–H groups in total. The normalized spacial score (nSPS) is 28.5. The first kappa shape index (κ1) is 15.8. The van der Waals surface area contributed by atoms with Gasteiger partial charge in [-0.1, -0.05) is 37.3 Å². The van der Waals surface area contributed by atoms with Gasteiger partial charge in [-0.25, -0.2) is 4.79 Å². The lowest BCUT2D eigenvalue weighted by atomic mass is 9.74. The molecule has 0 saturated carbocycles. The van der Waals surface area contributed by atoms with Gasteiger partial charge in [0.1, 0.15) is 5.60 Å². The first-order chi connectivity index (χ1) is 11.0. The van der Waals surface area contributed by atoms with Crippen molar-refractivity contribution in [2.24, 2.45) is 5.92 Å². The largest absolute Gasteiger partial charge is 0.457 e. The molecule has 1 aliphatic rings. The minimum Gasteiger partial charge on any atom is -0.457 e. The van der Waals surface area contributed by atoms with Crippen LogP contribution in [0, 0.1) is 5.92 Å². The number of benzene rings is 1. The summed E-state index contributed by atoms with van der Waals surface area (Å²) < 4.78 is 11.3. The Hall–Kier alpha value is -2.07. The van der Waals surface area contributed by atoms with Crippen molar-refractivity contribution in [2.45, 2.75) is 31.9 Å². The van der Waals surface area contributed by atoms with Crippen LogP contribution in [0.4, 0.5) is 0 Å². The van der Waals surface area contributed by atoms with Crippen LogP contribution in [0.25, 0.3) is 0 Å². The molecule has 0 aliphatic carbocycles. The lowest BCUT2D eigenvalue weighted by molar-refractivity contribution is -0.100. The molecule has 23 heavy (non-hydrogen) atoms. The average Bonchev–Trinajstić information content (AvgIpc) is 3.08. The monoisotopic (exact) mass is 313 g/mol. The van der Waals surface area contributed by atoms with Crippen LogP contribution in [-0.4, -0.2) is 30.5 Å². The fourth-order valence-corrected chi connectivity index (χ4v) is 3.49. The number of hydrogen-bond acceptors (Lipinski definition) is 4. The molecule has 4 heteroatoms. The van der Waals surface area contributed by atoms with Crippen molar-refractivity contribution < 1.29 is 13.9 Å². The van der Waals surface area contributed by atoms with Crippen molar-refractivity contribution in [1.82, 2.24) is 4.90 Å². The Morgan fingerprint density at radius 2 is 1.96 bits per heavy atom. The summed E-state index contributed by atoms with van der Waals surface area (Å²) in [6.45, 7) is 5.19. The van der Waals surface area contributed by atoms with E-state index in [0.29, 0.717) is 6.04 Å². The minimum atomic E-state index is -0.628. The third kappa shape index (κ3) is 2.91. The summed E-state index contributed by atoms with van der Waals surface area (Å²) >= 11 is 0. The molecule has 1 aromatic carbocycles. The SMILES string of the molecule is C[C@@H]1C[C@@](OC(=O)c2ccco2)(c2ccccc2)[C@@H](C)CN1C. The van der Waals surface area contributed by atoms with Crippen LogP contribution in [0.1, 0.15) is 36.4 Å². The number of carbonyl (C=O) groups excluding carboxylic acids is 1. The molecule has 3 rings (SSSR count). The van der Waals surface area contributed by atoms with Crippen molar-refractivity contribution >= 4 is 5.97 Å². The number of hydrogen-bond donors (Lipinski definition) is 0. The number of furan rings is 1. The predicted octanol–water partition coefficient (Wildman–Crippen LogP) is 3.69. The van der Waals surface area contributed by atoms with E-state index >= 15 is 0 Å². The van der Waals surface area contributed by atoms with Crippen molar-refractivity contribution in [3.05, 3.63) is 60.1 Å². The zero-order valence-corrected chi connectivity index (χ0v) is 13.9. The summed E-state index contributed by atoms with van der Waals surface area (Å²) in [5, 5.41) is 0. The Morgan fingerprint density at radius 3 is 2.61 bits per heavy atom. The maximum Gasteiger partial charge on any atom is 0.375 e. The van der Waals surface area contributed by atoms with Gasteiger partial charge in [0.15, 0.2) is 0 Å². The molecule has 0 bridgehead atoms. The van der Waals surface area contributed by atoms with Gasteiger partial charge in [-0.15, -0.1) is 0 Å². The molecule has 0 radical (unpaired) electrons. The smallest absolute Gasteiger partial charge is 0.375 e. The zero-order chi connectivity index (χ0) is 16.4. The number of carbonyl (C=O) groups is 1. The topological polar surface area (TPSA) is 42.7 Å². The van der Waals surface area contributed by atoms with Gasteiger partial charge in [0, 0.05) is 24.9 Å². The second-order valence-corrected chi connectivity index (χ2v) is 6.52. The van der Waals surface area contributed by atoms with E-state index < -0.39 is 11.6 Å². The highest BCUT2D eigenvalue weighted by molar-refractivity contribution is 5.86. The molecule has 0 unspecified atom stereocenters. The van der Waals surface area contributed by atoms with Crippen LogP contribution in [0.5, 0.6) is 0 Å². The second kappa shape index (κ2) is 6.20. The minimum absolute atomic E-state index is 0.185. The molecule has 2 aromatic rings. The standard InChI is InChI=1S/C19H23NO3/c1-14-13-20(3)15(2)12-19(14,16-8-5-4-6-9-16)23-18(21)17-10-7-11-22-17/h4-11,14-15H,12-13H2,1-3H3/t14-,15+,19-/m0/s1. The van der Waals surface area contributed by atoms with E-state index in [2.05, 4.69) is 25.8 Å². The Bertz CT molecular complexity index is 653. The van der Waals surface area contributed by atoms with E-state index in [4.69, 9.17) is 9.15 Å². The molecule has 1 saturated heterocycles. The summed E-state index contributed by atoms with van der Waals surface area (Å²) in [4.78, 5) is 14.9. The van der Waals surface area contributed by atoms with Crippen molar-refractivity contribution in [1.29, 1.82) is 0 Å². The first-order valence-electron chi connectivity index (χ1n) is 8.05. The third-order valence-corrected chi connectivity index (χ3v) is 4.97. The summed E-state index contributed by atoms with van der Waals surface area (Å²) in [5.41, 5.74) is 0.421. The average molecular weight is 313 g/mol. The fourth-order valence-electron chi connectivity index (χ4n) is 3.49. The predicted molar refractivity (Wildman–Crippen MR) is 88.1 cm³/mol. The molecule has 0 spiro atoms. The van der Waals surface area contributed by atoms with Gasteiger partial charge in [-0.2, -0.15) is 0 Å². The van der Waals surface area contributed by atoms with Crippen LogP contribution >= 0.6 is 0 Å². The Kier molecular flexibility index (Phi) is 4.26. The molecular formula is C19H23NO3. The van der Waals surface area contributed by atoms with Gasteiger partial charge in [0.2, 0.25) is 5.76 Å². The maximum atomic E-state index is 12.6. The van der Waals surface area contributed by atoms with Crippen LogP contribution in [-0.2, 0) is 10.3 Å². The highest BCUT2D eigenvalue weighted by Crippen LogP contribution is 2.43. The highest BCUT2D eigenvalue weighted by Gasteiger charge is 2.47. The second-order valence-electron chi connectivity index (χ2n) is 6.52. The van der Waals surface area contributed by atoms with E-state index in [1.54, 1.807) is 12.1 Å². The van der Waals surface area contributed by atoms with E-state index in [1.807, 2.05) is 30.3 Å². The van der Waals surface area contributed by atoms with Crippen LogP contribution < -0.4 is 0 Å². The van der Waals surface area contributed by atoms with Gasteiger partial charge in [0.05, 0.1) is 6.26 Å². The first-order valence-corrected chi connectivity index (χ1v) is 8.05. The maximum absolute atomic E-state index is 12.6. The zero-order valence-electron chi connectivity index (χ0n) is 13.9. The summed E-state index contributed by atoms with van der Waals surface area (Å²) in [7, 11) is 2.12. The van der Waals surface area contributed by atoms with Gasteiger partial charge < -0.3 is 14.1 Å². The van der Waals surface area contributed by atoms with Crippen molar-refractivity contribution in [2.75, 3.05) is 13.6 Å². The molecule has 1 aromatic heterocycles. The molecule has 4 nitrogen and oxygen atoms in total. The van der Waals surface area contributed by atoms with E-state index in [9.17, 15) is 4.79 Å². The number of rotatable bonds is 3. The van der Waals surface area contributed by atoms with Crippen molar-refractivity contribution in [3.8, 4) is 0 Å². The summed E-state index contributed by atoms with van der Waals surface area (Å²) in [5.74, 6) is 0.0338. The number of esters is 1.